The second-order valence-electron chi connectivity index (χ2n) is 6.73. The van der Waals surface area contributed by atoms with Gasteiger partial charge >= 0.3 is 5.97 Å². The van der Waals surface area contributed by atoms with Gasteiger partial charge in [-0.1, -0.05) is 12.8 Å². The molecule has 1 saturated carbocycles. The number of rotatable bonds is 6. The van der Waals surface area contributed by atoms with Crippen LogP contribution >= 0.6 is 11.3 Å². The van der Waals surface area contributed by atoms with Crippen molar-refractivity contribution in [2.24, 2.45) is 0 Å². The van der Waals surface area contributed by atoms with Crippen molar-refractivity contribution in [3.63, 3.8) is 0 Å². The fraction of sp³-hybridized carbons (Fsp3) is 0.667. The number of ether oxygens (including phenoxy) is 1. The maximum Gasteiger partial charge on any atom is 0.341 e. The zero-order chi connectivity index (χ0) is 17.9. The van der Waals surface area contributed by atoms with E-state index in [4.69, 9.17) is 4.74 Å². The lowest BCUT2D eigenvalue weighted by atomic mass is 10.1. The third-order valence-corrected chi connectivity index (χ3v) is 5.93. The Balaban J connectivity index is 2.11. The first-order chi connectivity index (χ1) is 11.3. The Hall–Kier alpha value is -1.40. The molecule has 1 aromatic heterocycles. The molecular formula is C18H28N2O3S. The van der Waals surface area contributed by atoms with Crippen LogP contribution in [0.15, 0.2) is 0 Å². The van der Waals surface area contributed by atoms with Crippen LogP contribution in [-0.2, 0) is 9.53 Å². The molecule has 1 fully saturated rings. The Morgan fingerprint density at radius 2 is 1.92 bits per heavy atom. The highest BCUT2D eigenvalue weighted by Crippen LogP contribution is 2.33. The van der Waals surface area contributed by atoms with Crippen molar-refractivity contribution in [2.45, 2.75) is 65.5 Å². The van der Waals surface area contributed by atoms with Gasteiger partial charge in [0.2, 0.25) is 5.91 Å². The molecule has 134 valence electrons. The Labute approximate surface area is 148 Å². The molecule has 0 aromatic carbocycles. The smallest absolute Gasteiger partial charge is 0.341 e. The summed E-state index contributed by atoms with van der Waals surface area (Å²) >= 11 is 1.43. The van der Waals surface area contributed by atoms with Crippen LogP contribution < -0.4 is 5.32 Å². The molecule has 1 amide bonds. The van der Waals surface area contributed by atoms with E-state index in [-0.39, 0.29) is 5.91 Å². The van der Waals surface area contributed by atoms with Crippen molar-refractivity contribution < 1.29 is 14.3 Å². The minimum Gasteiger partial charge on any atom is -0.465 e. The van der Waals surface area contributed by atoms with Crippen molar-refractivity contribution >= 4 is 28.2 Å². The number of hydrogen-bond acceptors (Lipinski definition) is 5. The lowest BCUT2D eigenvalue weighted by molar-refractivity contribution is -0.118. The molecule has 24 heavy (non-hydrogen) atoms. The summed E-state index contributed by atoms with van der Waals surface area (Å²) in [5.41, 5.74) is 1.35. The Bertz CT molecular complexity index is 604. The number of methoxy groups -OCH3 is 1. The van der Waals surface area contributed by atoms with E-state index in [0.717, 1.165) is 23.3 Å². The monoisotopic (exact) mass is 352 g/mol. The summed E-state index contributed by atoms with van der Waals surface area (Å²) in [7, 11) is 1.36. The molecule has 6 heteroatoms. The Morgan fingerprint density at radius 1 is 1.29 bits per heavy atom. The molecule has 0 radical (unpaired) electrons. The van der Waals surface area contributed by atoms with E-state index >= 15 is 0 Å². The van der Waals surface area contributed by atoms with Gasteiger partial charge in [-0.25, -0.2) is 4.79 Å². The number of aryl methyl sites for hydroxylation is 1. The normalized spacial score (nSPS) is 15.3. The molecule has 1 aromatic rings. The quantitative estimate of drug-likeness (QED) is 0.792. The van der Waals surface area contributed by atoms with Gasteiger partial charge in [-0.15, -0.1) is 11.3 Å². The first-order valence-corrected chi connectivity index (χ1v) is 9.40. The summed E-state index contributed by atoms with van der Waals surface area (Å²) in [5.74, 6) is -0.467. The number of nitrogens with one attached hydrogen (secondary N) is 1. The van der Waals surface area contributed by atoms with Gasteiger partial charge < -0.3 is 10.1 Å². The van der Waals surface area contributed by atoms with Crippen molar-refractivity contribution in [1.29, 1.82) is 0 Å². The molecule has 1 aliphatic rings. The number of esters is 1. The summed E-state index contributed by atoms with van der Waals surface area (Å²) in [6, 6.07) is 0.813. The van der Waals surface area contributed by atoms with Crippen molar-refractivity contribution in [2.75, 3.05) is 19.0 Å². The summed E-state index contributed by atoms with van der Waals surface area (Å²) in [6.07, 6.45) is 4.81. The predicted octanol–water partition coefficient (Wildman–Crippen LogP) is 3.74. The van der Waals surface area contributed by atoms with Crippen molar-refractivity contribution in [3.05, 3.63) is 16.0 Å². The van der Waals surface area contributed by atoms with E-state index in [1.54, 1.807) is 0 Å². The third-order valence-electron chi connectivity index (χ3n) is 4.81. The molecule has 0 aliphatic heterocycles. The number of anilines is 1. The van der Waals surface area contributed by atoms with E-state index in [0.29, 0.717) is 29.2 Å². The number of thiophene rings is 1. The summed E-state index contributed by atoms with van der Waals surface area (Å²) < 4.78 is 4.86. The lowest BCUT2D eigenvalue weighted by Crippen LogP contribution is -2.43. The van der Waals surface area contributed by atoms with E-state index in [1.807, 2.05) is 13.8 Å². The molecule has 0 atom stereocenters. The van der Waals surface area contributed by atoms with Crippen molar-refractivity contribution in [3.8, 4) is 0 Å². The van der Waals surface area contributed by atoms with Gasteiger partial charge in [-0.2, -0.15) is 0 Å². The molecule has 1 aliphatic carbocycles. The highest BCUT2D eigenvalue weighted by atomic mass is 32.1. The standard InChI is InChI=1S/C18H28N2O3S/c1-11(2)20(14-8-6-7-9-14)10-15(21)19-17-16(18(22)23-5)12(3)13(4)24-17/h11,14H,6-10H2,1-5H3,(H,19,21). The van der Waals surface area contributed by atoms with Gasteiger partial charge in [0.05, 0.1) is 19.2 Å². The van der Waals surface area contributed by atoms with Crippen LogP contribution in [0, 0.1) is 13.8 Å². The van der Waals surface area contributed by atoms with Crippen LogP contribution in [0.2, 0.25) is 0 Å². The summed E-state index contributed by atoms with van der Waals surface area (Å²) in [6.45, 7) is 8.45. The number of amides is 1. The molecule has 1 N–H and O–H groups in total. The van der Waals surface area contributed by atoms with Gasteiger partial charge in [-0.05, 0) is 46.1 Å². The van der Waals surface area contributed by atoms with Crippen LogP contribution in [0.3, 0.4) is 0 Å². The molecule has 0 unspecified atom stereocenters. The number of hydrogen-bond donors (Lipinski definition) is 1. The third kappa shape index (κ3) is 4.16. The summed E-state index contributed by atoms with van der Waals surface area (Å²) in [4.78, 5) is 27.9. The van der Waals surface area contributed by atoms with Gasteiger partial charge in [0, 0.05) is 17.0 Å². The Kier molecular flexibility index (Phi) is 6.40. The van der Waals surface area contributed by atoms with Gasteiger partial charge in [0.25, 0.3) is 0 Å². The van der Waals surface area contributed by atoms with Crippen LogP contribution in [0.1, 0.15) is 60.3 Å². The van der Waals surface area contributed by atoms with E-state index in [1.165, 1.54) is 31.3 Å². The minimum atomic E-state index is -0.399. The van der Waals surface area contributed by atoms with Crippen LogP contribution in [0.25, 0.3) is 0 Å². The molecule has 5 nitrogen and oxygen atoms in total. The molecule has 0 bridgehead atoms. The number of carbonyl (C=O) groups is 2. The second kappa shape index (κ2) is 8.12. The minimum absolute atomic E-state index is 0.0676. The Morgan fingerprint density at radius 3 is 2.46 bits per heavy atom. The van der Waals surface area contributed by atoms with Gasteiger partial charge in [0.1, 0.15) is 5.00 Å². The first kappa shape index (κ1) is 18.9. The molecular weight excluding hydrogens is 324 g/mol. The topological polar surface area (TPSA) is 58.6 Å². The molecule has 2 rings (SSSR count). The average Bonchev–Trinajstić information content (AvgIpc) is 3.13. The largest absolute Gasteiger partial charge is 0.465 e. The van der Waals surface area contributed by atoms with Crippen LogP contribution in [0.4, 0.5) is 5.00 Å². The van der Waals surface area contributed by atoms with Gasteiger partial charge in [0.15, 0.2) is 0 Å². The highest BCUT2D eigenvalue weighted by Gasteiger charge is 2.27. The molecule has 0 spiro atoms. The average molecular weight is 353 g/mol. The molecule has 1 heterocycles. The maximum atomic E-state index is 12.6. The summed E-state index contributed by atoms with van der Waals surface area (Å²) in [5, 5.41) is 3.53. The fourth-order valence-electron chi connectivity index (χ4n) is 3.36. The van der Waals surface area contributed by atoms with Crippen molar-refractivity contribution in [1.82, 2.24) is 4.90 Å². The zero-order valence-corrected chi connectivity index (χ0v) is 16.1. The highest BCUT2D eigenvalue weighted by molar-refractivity contribution is 7.16. The number of nitrogens with zero attached hydrogens (tertiary/aromatic N) is 1. The van der Waals surface area contributed by atoms with Crippen LogP contribution in [-0.4, -0.2) is 42.5 Å². The SMILES string of the molecule is COC(=O)c1c(NC(=O)CN(C(C)C)C2CCCC2)sc(C)c1C. The molecule has 0 saturated heterocycles. The second-order valence-corrected chi connectivity index (χ2v) is 7.96. The fourth-order valence-corrected chi connectivity index (χ4v) is 4.43. The van der Waals surface area contributed by atoms with E-state index < -0.39 is 5.97 Å². The maximum absolute atomic E-state index is 12.6. The van der Waals surface area contributed by atoms with E-state index in [2.05, 4.69) is 24.1 Å². The van der Waals surface area contributed by atoms with Gasteiger partial charge in [-0.3, -0.25) is 9.69 Å². The van der Waals surface area contributed by atoms with Crippen LogP contribution in [0.5, 0.6) is 0 Å². The number of carbonyl (C=O) groups excluding carboxylic acids is 2. The zero-order valence-electron chi connectivity index (χ0n) is 15.3. The first-order valence-electron chi connectivity index (χ1n) is 8.59. The predicted molar refractivity (Wildman–Crippen MR) is 97.9 cm³/mol. The lowest BCUT2D eigenvalue weighted by Gasteiger charge is -2.31. The van der Waals surface area contributed by atoms with E-state index in [9.17, 15) is 9.59 Å².